The van der Waals surface area contributed by atoms with E-state index in [4.69, 9.17) is 5.26 Å². The van der Waals surface area contributed by atoms with Gasteiger partial charge in [0.2, 0.25) is 5.91 Å². The number of hydrogen-bond acceptors (Lipinski definition) is 3. The molecule has 1 saturated heterocycles. The van der Waals surface area contributed by atoms with Gasteiger partial charge in [-0.2, -0.15) is 5.26 Å². The van der Waals surface area contributed by atoms with Gasteiger partial charge in [0.25, 0.3) is 5.91 Å². The summed E-state index contributed by atoms with van der Waals surface area (Å²) in [6, 6.07) is 8.58. The Morgan fingerprint density at radius 1 is 1.27 bits per heavy atom. The van der Waals surface area contributed by atoms with Crippen molar-refractivity contribution in [1.29, 1.82) is 5.26 Å². The molecule has 134 valence electrons. The standard InChI is InChI=1S/C20H22N4O2/c1-13(19(26)24-9-7-20(5-6-20)8-10-24)22-18(25)16-11-14-3-2-4-15(12-21)17(14)23-16/h2-4,11,13,23H,5-10H2,1H3,(H,22,25)/t13-/m1/s1. The van der Waals surface area contributed by atoms with Crippen LogP contribution in [0.4, 0.5) is 0 Å². The number of nitrogens with one attached hydrogen (secondary N) is 2. The van der Waals surface area contributed by atoms with Gasteiger partial charge in [-0.3, -0.25) is 9.59 Å². The minimum atomic E-state index is -0.572. The molecule has 4 rings (SSSR count). The molecule has 6 heteroatoms. The smallest absolute Gasteiger partial charge is 0.268 e. The van der Waals surface area contributed by atoms with Gasteiger partial charge >= 0.3 is 0 Å². The van der Waals surface area contributed by atoms with E-state index in [0.717, 1.165) is 31.3 Å². The second kappa shape index (κ2) is 6.17. The molecule has 1 aromatic heterocycles. The first-order valence-corrected chi connectivity index (χ1v) is 9.13. The number of aromatic amines is 1. The highest BCUT2D eigenvalue weighted by atomic mass is 16.2. The van der Waals surface area contributed by atoms with Crippen molar-refractivity contribution in [2.45, 2.75) is 38.6 Å². The van der Waals surface area contributed by atoms with E-state index >= 15 is 0 Å². The maximum absolute atomic E-state index is 12.6. The third kappa shape index (κ3) is 2.94. The molecule has 2 heterocycles. The molecule has 2 N–H and O–H groups in total. The van der Waals surface area contributed by atoms with Crippen LogP contribution < -0.4 is 5.32 Å². The van der Waals surface area contributed by atoms with Gasteiger partial charge in [0.1, 0.15) is 17.8 Å². The van der Waals surface area contributed by atoms with E-state index in [1.165, 1.54) is 12.8 Å². The molecule has 1 saturated carbocycles. The maximum atomic E-state index is 12.6. The zero-order valence-corrected chi connectivity index (χ0v) is 14.8. The number of nitriles is 1. The Morgan fingerprint density at radius 3 is 2.65 bits per heavy atom. The number of nitrogens with zero attached hydrogens (tertiary/aromatic N) is 2. The third-order valence-corrected chi connectivity index (χ3v) is 5.83. The van der Waals surface area contributed by atoms with Crippen LogP contribution in [0, 0.1) is 16.7 Å². The van der Waals surface area contributed by atoms with Gasteiger partial charge in [0.15, 0.2) is 0 Å². The van der Waals surface area contributed by atoms with Crippen LogP contribution in [0.25, 0.3) is 10.9 Å². The third-order valence-electron chi connectivity index (χ3n) is 5.83. The molecule has 1 aromatic carbocycles. The van der Waals surface area contributed by atoms with E-state index in [1.807, 2.05) is 11.0 Å². The predicted molar refractivity (Wildman–Crippen MR) is 97.4 cm³/mol. The van der Waals surface area contributed by atoms with Crippen molar-refractivity contribution in [3.05, 3.63) is 35.5 Å². The van der Waals surface area contributed by atoms with Gasteiger partial charge in [-0.25, -0.2) is 0 Å². The van der Waals surface area contributed by atoms with Crippen LogP contribution in [0.3, 0.4) is 0 Å². The molecule has 1 atom stereocenters. The number of benzene rings is 1. The quantitative estimate of drug-likeness (QED) is 0.891. The zero-order valence-electron chi connectivity index (χ0n) is 14.8. The summed E-state index contributed by atoms with van der Waals surface area (Å²) < 4.78 is 0. The van der Waals surface area contributed by atoms with Gasteiger partial charge in [-0.15, -0.1) is 0 Å². The lowest BCUT2D eigenvalue weighted by atomic mass is 9.93. The van der Waals surface area contributed by atoms with Crippen molar-refractivity contribution >= 4 is 22.7 Å². The van der Waals surface area contributed by atoms with Crippen molar-refractivity contribution < 1.29 is 9.59 Å². The van der Waals surface area contributed by atoms with Gasteiger partial charge in [-0.05, 0) is 50.2 Å². The van der Waals surface area contributed by atoms with Crippen LogP contribution in [-0.2, 0) is 4.79 Å². The highest BCUT2D eigenvalue weighted by Crippen LogP contribution is 2.53. The molecule has 26 heavy (non-hydrogen) atoms. The van der Waals surface area contributed by atoms with Crippen molar-refractivity contribution in [3.63, 3.8) is 0 Å². The maximum Gasteiger partial charge on any atom is 0.268 e. The molecule has 2 amide bonds. The van der Waals surface area contributed by atoms with Gasteiger partial charge in [-0.1, -0.05) is 12.1 Å². The fourth-order valence-corrected chi connectivity index (χ4v) is 3.86. The van der Waals surface area contributed by atoms with Crippen LogP contribution >= 0.6 is 0 Å². The normalized spacial score (nSPS) is 19.2. The average molecular weight is 350 g/mol. The van der Waals surface area contributed by atoms with Crippen molar-refractivity contribution in [2.75, 3.05) is 13.1 Å². The number of fused-ring (bicyclic) bond motifs is 1. The molecule has 2 aliphatic rings. The highest BCUT2D eigenvalue weighted by molar-refractivity contribution is 6.01. The molecule has 6 nitrogen and oxygen atoms in total. The number of para-hydroxylation sites is 1. The molecule has 1 aliphatic heterocycles. The summed E-state index contributed by atoms with van der Waals surface area (Å²) in [5.41, 5.74) is 2.02. The molecular formula is C20H22N4O2. The topological polar surface area (TPSA) is 89.0 Å². The second-order valence-corrected chi connectivity index (χ2v) is 7.59. The monoisotopic (exact) mass is 350 g/mol. The number of H-pyrrole nitrogens is 1. The summed E-state index contributed by atoms with van der Waals surface area (Å²) in [6.07, 6.45) is 4.76. The summed E-state index contributed by atoms with van der Waals surface area (Å²) >= 11 is 0. The van der Waals surface area contributed by atoms with Gasteiger partial charge < -0.3 is 15.2 Å². The largest absolute Gasteiger partial charge is 0.349 e. The lowest BCUT2D eigenvalue weighted by Crippen LogP contribution is -2.49. The van der Waals surface area contributed by atoms with Crippen LogP contribution in [0.2, 0.25) is 0 Å². The Bertz CT molecular complexity index is 910. The number of carbonyl (C=O) groups is 2. The molecule has 0 radical (unpaired) electrons. The first-order chi connectivity index (χ1) is 12.5. The van der Waals surface area contributed by atoms with Crippen LogP contribution in [0.5, 0.6) is 0 Å². The van der Waals surface area contributed by atoms with Crippen molar-refractivity contribution in [1.82, 2.24) is 15.2 Å². The molecule has 0 unspecified atom stereocenters. The lowest BCUT2D eigenvalue weighted by molar-refractivity contribution is -0.134. The molecule has 1 spiro atoms. The van der Waals surface area contributed by atoms with E-state index in [2.05, 4.69) is 16.4 Å². The first kappa shape index (κ1) is 16.6. The number of amides is 2. The van der Waals surface area contributed by atoms with E-state index in [-0.39, 0.29) is 11.8 Å². The van der Waals surface area contributed by atoms with Crippen molar-refractivity contribution in [3.8, 4) is 6.07 Å². The van der Waals surface area contributed by atoms with Crippen LogP contribution in [0.1, 0.15) is 48.7 Å². The molecule has 0 bridgehead atoms. The summed E-state index contributed by atoms with van der Waals surface area (Å²) in [5, 5.41) is 12.8. The Kier molecular flexibility index (Phi) is 3.95. The Balaban J connectivity index is 1.42. The summed E-state index contributed by atoms with van der Waals surface area (Å²) in [6.45, 7) is 3.30. The fourth-order valence-electron chi connectivity index (χ4n) is 3.86. The second-order valence-electron chi connectivity index (χ2n) is 7.59. The highest BCUT2D eigenvalue weighted by Gasteiger charge is 2.45. The number of rotatable bonds is 3. The first-order valence-electron chi connectivity index (χ1n) is 9.13. The van der Waals surface area contributed by atoms with Crippen LogP contribution in [0.15, 0.2) is 24.3 Å². The zero-order chi connectivity index (χ0) is 18.3. The summed E-state index contributed by atoms with van der Waals surface area (Å²) in [4.78, 5) is 30.0. The summed E-state index contributed by atoms with van der Waals surface area (Å²) in [7, 11) is 0. The SMILES string of the molecule is C[C@@H](NC(=O)c1cc2cccc(C#N)c2[nH]1)C(=O)N1CCC2(CC1)CC2. The van der Waals surface area contributed by atoms with E-state index < -0.39 is 6.04 Å². The van der Waals surface area contributed by atoms with E-state index in [0.29, 0.717) is 22.2 Å². The van der Waals surface area contributed by atoms with Gasteiger partial charge in [0, 0.05) is 18.5 Å². The molecular weight excluding hydrogens is 328 g/mol. The average Bonchev–Trinajstić information content (AvgIpc) is 3.25. The molecule has 1 aliphatic carbocycles. The summed E-state index contributed by atoms with van der Waals surface area (Å²) in [5.74, 6) is -0.357. The number of carbonyl (C=O) groups excluding carboxylic acids is 2. The van der Waals surface area contributed by atoms with E-state index in [9.17, 15) is 9.59 Å². The fraction of sp³-hybridized carbons (Fsp3) is 0.450. The number of piperidine rings is 1. The lowest BCUT2D eigenvalue weighted by Gasteiger charge is -2.33. The van der Waals surface area contributed by atoms with Crippen LogP contribution in [-0.4, -0.2) is 40.8 Å². The minimum absolute atomic E-state index is 0.0253. The van der Waals surface area contributed by atoms with Gasteiger partial charge in [0.05, 0.1) is 11.1 Å². The van der Waals surface area contributed by atoms with Crippen molar-refractivity contribution in [2.24, 2.45) is 5.41 Å². The van der Waals surface area contributed by atoms with E-state index in [1.54, 1.807) is 25.1 Å². The number of hydrogen-bond donors (Lipinski definition) is 2. The Labute approximate surface area is 152 Å². The predicted octanol–water partition coefficient (Wildman–Crippen LogP) is 2.56. The number of likely N-dealkylation sites (tertiary alicyclic amines) is 1. The Hall–Kier alpha value is -2.81. The minimum Gasteiger partial charge on any atom is -0.349 e. The number of aromatic nitrogens is 1. The molecule has 2 fully saturated rings. The molecule has 2 aromatic rings. The Morgan fingerprint density at radius 2 is 2.00 bits per heavy atom.